The van der Waals surface area contributed by atoms with Crippen LogP contribution in [0, 0.1) is 17.0 Å². The van der Waals surface area contributed by atoms with Gasteiger partial charge in [-0.3, -0.25) is 14.7 Å². The molecule has 0 aromatic heterocycles. The van der Waals surface area contributed by atoms with Crippen LogP contribution in [-0.4, -0.2) is 17.9 Å². The average molecular weight is 422 g/mol. The molecule has 0 atom stereocenters. The van der Waals surface area contributed by atoms with Gasteiger partial charge in [0.2, 0.25) is 0 Å². The number of non-ortho nitro benzene ring substituents is 1. The highest BCUT2D eigenvalue weighted by molar-refractivity contribution is 7.86. The third kappa shape index (κ3) is 5.13. The second-order valence-corrected chi connectivity index (χ2v) is 10.5. The number of rotatable bonds is 4. The number of nitro groups is 1. The molecule has 0 saturated heterocycles. The van der Waals surface area contributed by atoms with E-state index in [0.717, 1.165) is 28.8 Å². The molecule has 7 nitrogen and oxygen atoms in total. The van der Waals surface area contributed by atoms with Gasteiger partial charge in [0.1, 0.15) is 16.4 Å². The molecule has 0 aliphatic rings. The van der Waals surface area contributed by atoms with E-state index < -0.39 is 25.6 Å². The van der Waals surface area contributed by atoms with Crippen molar-refractivity contribution in [2.45, 2.75) is 64.2 Å². The van der Waals surface area contributed by atoms with E-state index in [2.05, 4.69) is 0 Å². The van der Waals surface area contributed by atoms with Crippen LogP contribution in [0.4, 0.5) is 5.69 Å². The molecule has 0 radical (unpaired) electrons. The third-order valence-corrected chi connectivity index (χ3v) is 5.35. The second kappa shape index (κ2) is 7.42. The molecule has 0 heterocycles. The Balaban J connectivity index is 2.82. The Morgan fingerprint density at radius 3 is 1.83 bits per heavy atom. The van der Waals surface area contributed by atoms with Crippen molar-refractivity contribution in [3.05, 3.63) is 57.1 Å². The first-order valence-electron chi connectivity index (χ1n) is 9.11. The Morgan fingerprint density at radius 1 is 0.966 bits per heavy atom. The lowest BCUT2D eigenvalue weighted by Crippen LogP contribution is -2.19. The largest absolute Gasteiger partial charge is 0.455 e. The van der Waals surface area contributed by atoms with Crippen LogP contribution in [0.25, 0.3) is 0 Å². The van der Waals surface area contributed by atoms with E-state index in [4.69, 9.17) is 4.74 Å². The molecule has 0 bridgehead atoms. The van der Waals surface area contributed by atoms with Crippen molar-refractivity contribution in [2.75, 3.05) is 0 Å². The maximum atomic E-state index is 11.9. The van der Waals surface area contributed by atoms with E-state index in [9.17, 15) is 23.1 Å². The van der Waals surface area contributed by atoms with Gasteiger partial charge >= 0.3 is 0 Å². The van der Waals surface area contributed by atoms with Crippen molar-refractivity contribution < 1.29 is 22.6 Å². The summed E-state index contributed by atoms with van der Waals surface area (Å²) in [6.07, 6.45) is 0. The topological polar surface area (TPSA) is 107 Å². The highest BCUT2D eigenvalue weighted by Crippen LogP contribution is 2.44. The summed E-state index contributed by atoms with van der Waals surface area (Å²) >= 11 is 0. The normalized spacial score (nSPS) is 12.7. The van der Waals surface area contributed by atoms with Crippen molar-refractivity contribution in [2.24, 2.45) is 0 Å². The van der Waals surface area contributed by atoms with Crippen LogP contribution in [0.1, 0.15) is 58.2 Å². The molecule has 0 spiro atoms. The standard InChI is InChI=1S/C21H27NO6S/c1-13-10-15(20(2,3)4)19(16(11-13)21(5,6)7)28-17-9-8-14(22(23)24)12-18(17)29(25,26)27/h8-12H,1-7H3,(H,25,26,27). The quantitative estimate of drug-likeness (QED) is 0.395. The maximum Gasteiger partial charge on any atom is 0.298 e. The van der Waals surface area contributed by atoms with Gasteiger partial charge in [-0.05, 0) is 23.8 Å². The molecule has 1 N–H and O–H groups in total. The van der Waals surface area contributed by atoms with Gasteiger partial charge in [0.05, 0.1) is 4.92 Å². The molecule has 8 heteroatoms. The molecular formula is C21H27NO6S. The molecule has 2 rings (SSSR count). The Morgan fingerprint density at radius 2 is 1.45 bits per heavy atom. The highest BCUT2D eigenvalue weighted by Gasteiger charge is 2.30. The number of nitrogens with zero attached hydrogens (tertiary/aromatic N) is 1. The van der Waals surface area contributed by atoms with Crippen LogP contribution < -0.4 is 4.74 Å². The molecular weight excluding hydrogens is 394 g/mol. The minimum Gasteiger partial charge on any atom is -0.455 e. The Kier molecular flexibility index (Phi) is 5.84. The van der Waals surface area contributed by atoms with Gasteiger partial charge in [-0.15, -0.1) is 0 Å². The molecule has 2 aromatic carbocycles. The van der Waals surface area contributed by atoms with Gasteiger partial charge in [-0.2, -0.15) is 8.42 Å². The summed E-state index contributed by atoms with van der Waals surface area (Å²) in [7, 11) is -4.74. The van der Waals surface area contributed by atoms with E-state index in [-0.39, 0.29) is 16.6 Å². The monoisotopic (exact) mass is 421 g/mol. The minimum absolute atomic E-state index is 0.169. The van der Waals surface area contributed by atoms with E-state index in [0.29, 0.717) is 5.75 Å². The summed E-state index contributed by atoms with van der Waals surface area (Å²) in [5.74, 6) is 0.312. The molecule has 158 valence electrons. The first-order chi connectivity index (χ1) is 13.0. The average Bonchev–Trinajstić information content (AvgIpc) is 2.53. The number of hydrogen-bond acceptors (Lipinski definition) is 5. The Labute approximate surface area is 171 Å². The van der Waals surface area contributed by atoms with Gasteiger partial charge in [0.15, 0.2) is 0 Å². The van der Waals surface area contributed by atoms with Gasteiger partial charge in [0, 0.05) is 23.3 Å². The Bertz CT molecular complexity index is 1020. The van der Waals surface area contributed by atoms with Crippen molar-refractivity contribution in [3.63, 3.8) is 0 Å². The van der Waals surface area contributed by atoms with Crippen LogP contribution in [0.2, 0.25) is 0 Å². The summed E-state index contributed by atoms with van der Waals surface area (Å²) in [5.41, 5.74) is 1.66. The number of benzene rings is 2. The molecule has 29 heavy (non-hydrogen) atoms. The predicted octanol–water partition coefficient (Wildman–Crippen LogP) is 5.54. The maximum absolute atomic E-state index is 11.9. The Hall–Kier alpha value is -2.45. The van der Waals surface area contributed by atoms with Crippen molar-refractivity contribution in [3.8, 4) is 11.5 Å². The van der Waals surface area contributed by atoms with E-state index >= 15 is 0 Å². The fourth-order valence-corrected chi connectivity index (χ4v) is 3.64. The van der Waals surface area contributed by atoms with Crippen LogP contribution in [-0.2, 0) is 20.9 Å². The number of ether oxygens (including phenoxy) is 1. The molecule has 0 saturated carbocycles. The van der Waals surface area contributed by atoms with Crippen molar-refractivity contribution in [1.82, 2.24) is 0 Å². The molecule has 0 unspecified atom stereocenters. The molecule has 0 aliphatic carbocycles. The van der Waals surface area contributed by atoms with E-state index in [1.54, 1.807) is 0 Å². The zero-order chi connectivity index (χ0) is 22.4. The zero-order valence-corrected chi connectivity index (χ0v) is 18.5. The number of aryl methyl sites for hydroxylation is 1. The van der Waals surface area contributed by atoms with E-state index in [1.165, 1.54) is 6.07 Å². The summed E-state index contributed by atoms with van der Waals surface area (Å²) in [6, 6.07) is 7.09. The smallest absolute Gasteiger partial charge is 0.298 e. The van der Waals surface area contributed by atoms with Gasteiger partial charge < -0.3 is 4.74 Å². The first kappa shape index (κ1) is 22.8. The van der Waals surface area contributed by atoms with E-state index in [1.807, 2.05) is 60.6 Å². The lowest BCUT2D eigenvalue weighted by molar-refractivity contribution is -0.385. The van der Waals surface area contributed by atoms with Gasteiger partial charge in [0.25, 0.3) is 15.8 Å². The van der Waals surface area contributed by atoms with Crippen molar-refractivity contribution >= 4 is 15.8 Å². The zero-order valence-electron chi connectivity index (χ0n) is 17.7. The fraction of sp³-hybridized carbons (Fsp3) is 0.429. The van der Waals surface area contributed by atoms with Gasteiger partial charge in [-0.1, -0.05) is 59.2 Å². The minimum atomic E-state index is -4.74. The highest BCUT2D eigenvalue weighted by atomic mass is 32.2. The van der Waals surface area contributed by atoms with Gasteiger partial charge in [-0.25, -0.2) is 0 Å². The lowest BCUT2D eigenvalue weighted by atomic mass is 9.78. The van der Waals surface area contributed by atoms with Crippen LogP contribution in [0.15, 0.2) is 35.2 Å². The second-order valence-electron chi connectivity index (χ2n) is 9.15. The summed E-state index contributed by atoms with van der Waals surface area (Å²) in [6.45, 7) is 14.1. The third-order valence-electron chi connectivity index (χ3n) is 4.48. The SMILES string of the molecule is Cc1cc(C(C)(C)C)c(Oc2ccc([N+](=O)[O-])cc2S(=O)(=O)O)c(C(C)(C)C)c1. The first-order valence-corrected chi connectivity index (χ1v) is 10.5. The molecule has 0 amide bonds. The number of hydrogen-bond donors (Lipinski definition) is 1. The van der Waals surface area contributed by atoms with Crippen LogP contribution >= 0.6 is 0 Å². The van der Waals surface area contributed by atoms with Crippen LogP contribution in [0.3, 0.4) is 0 Å². The molecule has 2 aromatic rings. The number of nitro benzene ring substituents is 1. The summed E-state index contributed by atoms with van der Waals surface area (Å²) in [4.78, 5) is 9.67. The van der Waals surface area contributed by atoms with Crippen LogP contribution in [0.5, 0.6) is 11.5 Å². The fourth-order valence-electron chi connectivity index (χ4n) is 3.00. The predicted molar refractivity (Wildman–Crippen MR) is 112 cm³/mol. The summed E-state index contributed by atoms with van der Waals surface area (Å²) in [5, 5.41) is 11.0. The molecule has 0 fully saturated rings. The van der Waals surface area contributed by atoms with Crippen molar-refractivity contribution in [1.29, 1.82) is 0 Å². The lowest BCUT2D eigenvalue weighted by Gasteiger charge is -2.30. The summed E-state index contributed by atoms with van der Waals surface area (Å²) < 4.78 is 39.5. The molecule has 0 aliphatic heterocycles.